The van der Waals surface area contributed by atoms with E-state index in [0.29, 0.717) is 35.0 Å². The van der Waals surface area contributed by atoms with Crippen LogP contribution in [0.3, 0.4) is 0 Å². The predicted molar refractivity (Wildman–Crippen MR) is 174 cm³/mol. The van der Waals surface area contributed by atoms with Gasteiger partial charge in [0.2, 0.25) is 11.8 Å². The number of hydrogen-bond donors (Lipinski definition) is 1. The van der Waals surface area contributed by atoms with Gasteiger partial charge in [0.1, 0.15) is 12.6 Å². The zero-order chi connectivity index (χ0) is 32.6. The molecular formula is C33H42ClN3O6S. The monoisotopic (exact) mass is 643 g/mol. The molecule has 0 saturated heterocycles. The van der Waals surface area contributed by atoms with E-state index >= 15 is 0 Å². The first-order valence-electron chi connectivity index (χ1n) is 14.5. The molecule has 1 N–H and O–H groups in total. The Morgan fingerprint density at radius 3 is 2.14 bits per heavy atom. The molecule has 238 valence electrons. The molecule has 1 atom stereocenters. The Balaban J connectivity index is 2.14. The second-order valence-corrected chi connectivity index (χ2v) is 13.3. The van der Waals surface area contributed by atoms with Gasteiger partial charge < -0.3 is 19.7 Å². The molecule has 3 aromatic rings. The highest BCUT2D eigenvalue weighted by atomic mass is 35.5. The fraction of sp³-hybridized carbons (Fsp3) is 0.394. The number of halogens is 1. The smallest absolute Gasteiger partial charge is 0.264 e. The van der Waals surface area contributed by atoms with Crippen LogP contribution in [0.5, 0.6) is 11.5 Å². The Morgan fingerprint density at radius 2 is 1.57 bits per heavy atom. The zero-order valence-electron chi connectivity index (χ0n) is 26.4. The van der Waals surface area contributed by atoms with Gasteiger partial charge in [-0.05, 0) is 73.2 Å². The summed E-state index contributed by atoms with van der Waals surface area (Å²) in [4.78, 5) is 29.0. The summed E-state index contributed by atoms with van der Waals surface area (Å²) in [6.07, 6.45) is 0.312. The van der Waals surface area contributed by atoms with E-state index in [1.807, 2.05) is 40.7 Å². The van der Waals surface area contributed by atoms with Gasteiger partial charge in [-0.3, -0.25) is 13.9 Å². The maximum absolute atomic E-state index is 14.3. The number of nitrogens with one attached hydrogen (secondary N) is 1. The van der Waals surface area contributed by atoms with Crippen LogP contribution in [0.2, 0.25) is 5.02 Å². The van der Waals surface area contributed by atoms with Gasteiger partial charge in [-0.15, -0.1) is 0 Å². The molecule has 11 heteroatoms. The third-order valence-corrected chi connectivity index (χ3v) is 9.22. The van der Waals surface area contributed by atoms with E-state index in [2.05, 4.69) is 5.32 Å². The molecule has 0 aliphatic rings. The van der Waals surface area contributed by atoms with Gasteiger partial charge in [-0.2, -0.15) is 0 Å². The summed E-state index contributed by atoms with van der Waals surface area (Å²) in [5, 5.41) is 3.36. The number of carbonyl (C=O) groups is 2. The minimum Gasteiger partial charge on any atom is -0.493 e. The summed E-state index contributed by atoms with van der Waals surface area (Å²) in [5.74, 6) is -0.0732. The molecule has 0 radical (unpaired) electrons. The Morgan fingerprint density at radius 1 is 0.932 bits per heavy atom. The predicted octanol–water partition coefficient (Wildman–Crippen LogP) is 5.75. The van der Waals surface area contributed by atoms with Crippen LogP contribution >= 0.6 is 11.6 Å². The van der Waals surface area contributed by atoms with Gasteiger partial charge in [0, 0.05) is 24.2 Å². The maximum atomic E-state index is 14.3. The molecule has 0 aromatic heterocycles. The summed E-state index contributed by atoms with van der Waals surface area (Å²) in [7, 11) is -1.43. The van der Waals surface area contributed by atoms with Crippen molar-refractivity contribution in [1.82, 2.24) is 10.2 Å². The van der Waals surface area contributed by atoms with Crippen molar-refractivity contribution in [3.05, 3.63) is 82.4 Å². The van der Waals surface area contributed by atoms with Gasteiger partial charge in [0.25, 0.3) is 10.0 Å². The van der Waals surface area contributed by atoms with Crippen molar-refractivity contribution in [3.63, 3.8) is 0 Å². The Hall–Kier alpha value is -3.76. The standard InChI is InChI=1S/C33H42ClN3O6S/c1-8-29(33(39)35-19-22(2)3)36(20-25-11-9-10-12-28(25)34)32(38)21-37(26-16-23(4)15-24(5)17-26)44(40,41)27-13-14-30(42-6)31(18-27)43-7/h9-18,22,29H,8,19-21H2,1-7H3,(H,35,39)/t29-/m1/s1. The Bertz CT molecular complexity index is 1560. The van der Waals surface area contributed by atoms with E-state index in [0.717, 1.165) is 15.4 Å². The van der Waals surface area contributed by atoms with E-state index in [4.69, 9.17) is 21.1 Å². The molecule has 0 heterocycles. The van der Waals surface area contributed by atoms with Crippen LogP contribution in [-0.4, -0.2) is 58.5 Å². The summed E-state index contributed by atoms with van der Waals surface area (Å²) in [6.45, 7) is 9.38. The number of aryl methyl sites for hydroxylation is 2. The molecule has 44 heavy (non-hydrogen) atoms. The van der Waals surface area contributed by atoms with Crippen LogP contribution in [0.4, 0.5) is 5.69 Å². The van der Waals surface area contributed by atoms with Gasteiger partial charge in [0.05, 0.1) is 24.8 Å². The van der Waals surface area contributed by atoms with E-state index in [1.54, 1.807) is 36.4 Å². The molecule has 0 fully saturated rings. The highest BCUT2D eigenvalue weighted by molar-refractivity contribution is 7.92. The molecule has 3 rings (SSSR count). The Labute approximate surface area is 266 Å². The van der Waals surface area contributed by atoms with Crippen molar-refractivity contribution < 1.29 is 27.5 Å². The van der Waals surface area contributed by atoms with Crippen molar-refractivity contribution in [2.45, 2.75) is 58.5 Å². The molecular weight excluding hydrogens is 602 g/mol. The van der Waals surface area contributed by atoms with Gasteiger partial charge in [-0.25, -0.2) is 8.42 Å². The van der Waals surface area contributed by atoms with Gasteiger partial charge in [0.15, 0.2) is 11.5 Å². The summed E-state index contributed by atoms with van der Waals surface area (Å²) < 4.78 is 40.3. The number of rotatable bonds is 14. The average molecular weight is 644 g/mol. The number of hydrogen-bond acceptors (Lipinski definition) is 6. The lowest BCUT2D eigenvalue weighted by atomic mass is 10.1. The highest BCUT2D eigenvalue weighted by Gasteiger charge is 2.34. The van der Waals surface area contributed by atoms with Crippen LogP contribution in [0, 0.1) is 19.8 Å². The fourth-order valence-electron chi connectivity index (χ4n) is 4.88. The van der Waals surface area contributed by atoms with Crippen molar-refractivity contribution >= 4 is 39.1 Å². The number of sulfonamides is 1. The molecule has 0 spiro atoms. The quantitative estimate of drug-likeness (QED) is 0.240. The molecule has 0 unspecified atom stereocenters. The van der Waals surface area contributed by atoms with Crippen LogP contribution in [0.1, 0.15) is 43.9 Å². The molecule has 9 nitrogen and oxygen atoms in total. The second kappa shape index (κ2) is 15.3. The SMILES string of the molecule is CC[C@H](C(=O)NCC(C)C)N(Cc1ccccc1Cl)C(=O)CN(c1cc(C)cc(C)c1)S(=O)(=O)c1ccc(OC)c(OC)c1. The van der Waals surface area contributed by atoms with Crippen molar-refractivity contribution in [2.75, 3.05) is 31.6 Å². The van der Waals surface area contributed by atoms with E-state index in [9.17, 15) is 18.0 Å². The molecule has 2 amide bonds. The van der Waals surface area contributed by atoms with E-state index in [1.165, 1.54) is 37.3 Å². The van der Waals surface area contributed by atoms with E-state index < -0.39 is 28.5 Å². The number of nitrogens with zero attached hydrogens (tertiary/aromatic N) is 2. The lowest BCUT2D eigenvalue weighted by Gasteiger charge is -2.33. The first-order valence-corrected chi connectivity index (χ1v) is 16.3. The topological polar surface area (TPSA) is 105 Å². The maximum Gasteiger partial charge on any atom is 0.264 e. The van der Waals surface area contributed by atoms with Crippen LogP contribution in [0.15, 0.2) is 65.6 Å². The molecule has 0 aliphatic heterocycles. The largest absolute Gasteiger partial charge is 0.493 e. The second-order valence-electron chi connectivity index (χ2n) is 11.1. The highest BCUT2D eigenvalue weighted by Crippen LogP contribution is 2.33. The molecule has 0 saturated carbocycles. The third kappa shape index (κ3) is 8.45. The summed E-state index contributed by atoms with van der Waals surface area (Å²) in [6, 6.07) is 15.8. The van der Waals surface area contributed by atoms with Crippen molar-refractivity contribution in [3.8, 4) is 11.5 Å². The molecule has 3 aromatic carbocycles. The number of carbonyl (C=O) groups excluding carboxylic acids is 2. The van der Waals surface area contributed by atoms with Crippen LogP contribution in [0.25, 0.3) is 0 Å². The minimum absolute atomic E-state index is 0.0171. The third-order valence-electron chi connectivity index (χ3n) is 7.09. The number of methoxy groups -OCH3 is 2. The van der Waals surface area contributed by atoms with Crippen molar-refractivity contribution in [2.24, 2.45) is 5.92 Å². The van der Waals surface area contributed by atoms with Crippen LogP contribution in [-0.2, 0) is 26.2 Å². The van der Waals surface area contributed by atoms with Gasteiger partial charge in [-0.1, -0.05) is 56.6 Å². The van der Waals surface area contributed by atoms with Crippen molar-refractivity contribution in [1.29, 1.82) is 0 Å². The summed E-state index contributed by atoms with van der Waals surface area (Å²) in [5.41, 5.74) is 2.61. The Kier molecular flexibility index (Phi) is 12.1. The average Bonchev–Trinajstić information content (AvgIpc) is 2.98. The lowest BCUT2D eigenvalue weighted by Crippen LogP contribution is -2.52. The normalized spacial score (nSPS) is 12.0. The van der Waals surface area contributed by atoms with Crippen LogP contribution < -0.4 is 19.1 Å². The van der Waals surface area contributed by atoms with Gasteiger partial charge >= 0.3 is 0 Å². The first kappa shape index (κ1) is 34.7. The van der Waals surface area contributed by atoms with E-state index in [-0.39, 0.29) is 29.0 Å². The number of ether oxygens (including phenoxy) is 2. The summed E-state index contributed by atoms with van der Waals surface area (Å²) >= 11 is 6.48. The number of anilines is 1. The number of benzene rings is 3. The molecule has 0 aliphatic carbocycles. The molecule has 0 bridgehead atoms. The fourth-order valence-corrected chi connectivity index (χ4v) is 6.49. The minimum atomic E-state index is -4.31. The lowest BCUT2D eigenvalue weighted by molar-refractivity contribution is -0.140. The number of amides is 2. The first-order chi connectivity index (χ1) is 20.8. The zero-order valence-corrected chi connectivity index (χ0v) is 28.0.